The van der Waals surface area contributed by atoms with Gasteiger partial charge in [0.1, 0.15) is 5.82 Å². The number of hydrogen-bond donors (Lipinski definition) is 1. The standard InChI is InChI=1S/C16H19N3S/c1-11(15-9-6-10-20-15)17-12(2)16-18-13-7-4-5-8-14(13)19(16)3/h4-12,17H,1-3H3/t11-,12?/m1/s1. The van der Waals surface area contributed by atoms with Crippen LogP contribution in [0.4, 0.5) is 0 Å². The van der Waals surface area contributed by atoms with Crippen LogP contribution in [0, 0.1) is 0 Å². The Morgan fingerprint density at radius 2 is 1.90 bits per heavy atom. The molecule has 3 aromatic rings. The zero-order valence-electron chi connectivity index (χ0n) is 12.0. The van der Waals surface area contributed by atoms with Crippen molar-refractivity contribution < 1.29 is 0 Å². The zero-order chi connectivity index (χ0) is 14.1. The molecule has 2 aromatic heterocycles. The van der Waals surface area contributed by atoms with E-state index in [1.165, 1.54) is 10.4 Å². The number of fused-ring (bicyclic) bond motifs is 1. The molecule has 1 aromatic carbocycles. The molecule has 1 N–H and O–H groups in total. The summed E-state index contributed by atoms with van der Waals surface area (Å²) in [6.45, 7) is 4.37. The number of thiophene rings is 1. The Bertz CT molecular complexity index is 700. The molecule has 3 rings (SSSR count). The van der Waals surface area contributed by atoms with Crippen LogP contribution in [-0.2, 0) is 7.05 Å². The molecule has 0 radical (unpaired) electrons. The number of aryl methyl sites for hydroxylation is 1. The SMILES string of the molecule is CC(N[C@H](C)c1cccs1)c1nc2ccccc2n1C. The average Bonchev–Trinajstić information content (AvgIpc) is 3.07. The summed E-state index contributed by atoms with van der Waals surface area (Å²) in [6.07, 6.45) is 0. The van der Waals surface area contributed by atoms with E-state index in [1.54, 1.807) is 11.3 Å². The number of rotatable bonds is 4. The van der Waals surface area contributed by atoms with Gasteiger partial charge in [0.25, 0.3) is 0 Å². The van der Waals surface area contributed by atoms with Gasteiger partial charge >= 0.3 is 0 Å². The van der Waals surface area contributed by atoms with Crippen LogP contribution in [-0.4, -0.2) is 9.55 Å². The Kier molecular flexibility index (Phi) is 3.59. The minimum absolute atomic E-state index is 0.212. The van der Waals surface area contributed by atoms with Crippen LogP contribution in [0.2, 0.25) is 0 Å². The maximum absolute atomic E-state index is 4.75. The summed E-state index contributed by atoms with van der Waals surface area (Å²) < 4.78 is 2.17. The second-order valence-corrected chi connectivity index (χ2v) is 6.12. The summed E-state index contributed by atoms with van der Waals surface area (Å²) in [5, 5.41) is 5.75. The summed E-state index contributed by atoms with van der Waals surface area (Å²) in [5.74, 6) is 1.08. The van der Waals surface area contributed by atoms with Gasteiger partial charge in [0.05, 0.1) is 17.1 Å². The molecule has 1 unspecified atom stereocenters. The predicted molar refractivity (Wildman–Crippen MR) is 85.0 cm³/mol. The van der Waals surface area contributed by atoms with Crippen LogP contribution in [0.1, 0.15) is 36.6 Å². The van der Waals surface area contributed by atoms with E-state index in [4.69, 9.17) is 4.98 Å². The molecular formula is C16H19N3S. The lowest BCUT2D eigenvalue weighted by atomic mass is 10.2. The molecule has 0 aliphatic rings. The van der Waals surface area contributed by atoms with Crippen molar-refractivity contribution >= 4 is 22.4 Å². The number of para-hydroxylation sites is 2. The number of nitrogens with zero attached hydrogens (tertiary/aromatic N) is 2. The molecule has 4 heteroatoms. The zero-order valence-corrected chi connectivity index (χ0v) is 12.8. The molecule has 104 valence electrons. The maximum atomic E-state index is 4.75. The fourth-order valence-electron chi connectivity index (χ4n) is 2.62. The van der Waals surface area contributed by atoms with Crippen LogP contribution in [0.5, 0.6) is 0 Å². The van der Waals surface area contributed by atoms with Gasteiger partial charge in [0.2, 0.25) is 0 Å². The van der Waals surface area contributed by atoms with Gasteiger partial charge in [0, 0.05) is 18.0 Å². The molecule has 0 aliphatic carbocycles. The molecule has 2 atom stereocenters. The number of benzene rings is 1. The van der Waals surface area contributed by atoms with Crippen molar-refractivity contribution in [2.24, 2.45) is 7.05 Å². The Labute approximate surface area is 123 Å². The van der Waals surface area contributed by atoms with Crippen molar-refractivity contribution in [3.63, 3.8) is 0 Å². The van der Waals surface area contributed by atoms with Crippen LogP contribution in [0.3, 0.4) is 0 Å². The van der Waals surface area contributed by atoms with Crippen molar-refractivity contribution in [3.05, 3.63) is 52.5 Å². The van der Waals surface area contributed by atoms with E-state index in [0.29, 0.717) is 6.04 Å². The van der Waals surface area contributed by atoms with Crippen molar-refractivity contribution in [1.82, 2.24) is 14.9 Å². The predicted octanol–water partition coefficient (Wildman–Crippen LogP) is 4.05. The quantitative estimate of drug-likeness (QED) is 0.784. The Hall–Kier alpha value is -1.65. The van der Waals surface area contributed by atoms with E-state index >= 15 is 0 Å². The summed E-state index contributed by atoms with van der Waals surface area (Å²) >= 11 is 1.79. The number of aromatic nitrogens is 2. The van der Waals surface area contributed by atoms with Crippen LogP contribution >= 0.6 is 11.3 Å². The first-order valence-electron chi connectivity index (χ1n) is 6.87. The highest BCUT2D eigenvalue weighted by Gasteiger charge is 2.17. The third kappa shape index (κ3) is 2.37. The number of nitrogens with one attached hydrogen (secondary N) is 1. The molecule has 2 heterocycles. The Balaban J connectivity index is 1.85. The number of hydrogen-bond acceptors (Lipinski definition) is 3. The molecular weight excluding hydrogens is 266 g/mol. The summed E-state index contributed by atoms with van der Waals surface area (Å²) in [6, 6.07) is 13.1. The largest absolute Gasteiger partial charge is 0.330 e. The summed E-state index contributed by atoms with van der Waals surface area (Å²) in [7, 11) is 2.08. The molecule has 0 spiro atoms. The third-order valence-electron chi connectivity index (χ3n) is 3.68. The van der Waals surface area contributed by atoms with Gasteiger partial charge in [-0.15, -0.1) is 11.3 Å². The molecule has 0 saturated heterocycles. The van der Waals surface area contributed by atoms with Crippen LogP contribution in [0.25, 0.3) is 11.0 Å². The van der Waals surface area contributed by atoms with E-state index in [2.05, 4.69) is 66.5 Å². The van der Waals surface area contributed by atoms with E-state index in [-0.39, 0.29) is 6.04 Å². The van der Waals surface area contributed by atoms with Gasteiger partial charge in [-0.3, -0.25) is 0 Å². The van der Waals surface area contributed by atoms with E-state index < -0.39 is 0 Å². The van der Waals surface area contributed by atoms with Gasteiger partial charge in [-0.1, -0.05) is 18.2 Å². The van der Waals surface area contributed by atoms with Gasteiger partial charge in [0.15, 0.2) is 0 Å². The Morgan fingerprint density at radius 1 is 1.10 bits per heavy atom. The fraction of sp³-hybridized carbons (Fsp3) is 0.312. The van der Waals surface area contributed by atoms with E-state index in [0.717, 1.165) is 11.3 Å². The maximum Gasteiger partial charge on any atom is 0.126 e. The second-order valence-electron chi connectivity index (χ2n) is 5.14. The molecule has 3 nitrogen and oxygen atoms in total. The Morgan fingerprint density at radius 3 is 2.60 bits per heavy atom. The minimum atomic E-state index is 0.212. The van der Waals surface area contributed by atoms with Crippen LogP contribution in [0.15, 0.2) is 41.8 Å². The monoisotopic (exact) mass is 285 g/mol. The van der Waals surface area contributed by atoms with Gasteiger partial charge < -0.3 is 9.88 Å². The van der Waals surface area contributed by atoms with Crippen molar-refractivity contribution in [2.75, 3.05) is 0 Å². The molecule has 20 heavy (non-hydrogen) atoms. The topological polar surface area (TPSA) is 29.9 Å². The fourth-order valence-corrected chi connectivity index (χ4v) is 3.36. The highest BCUT2D eigenvalue weighted by atomic mass is 32.1. The van der Waals surface area contributed by atoms with E-state index in [9.17, 15) is 0 Å². The molecule has 0 fully saturated rings. The normalized spacial score (nSPS) is 14.6. The third-order valence-corrected chi connectivity index (χ3v) is 4.73. The first-order valence-corrected chi connectivity index (χ1v) is 7.75. The van der Waals surface area contributed by atoms with Gasteiger partial charge in [-0.05, 0) is 37.4 Å². The second kappa shape index (κ2) is 5.38. The molecule has 0 saturated carbocycles. The van der Waals surface area contributed by atoms with Crippen molar-refractivity contribution in [1.29, 1.82) is 0 Å². The summed E-state index contributed by atoms with van der Waals surface area (Å²) in [5.41, 5.74) is 2.24. The summed E-state index contributed by atoms with van der Waals surface area (Å²) in [4.78, 5) is 6.11. The van der Waals surface area contributed by atoms with Crippen molar-refractivity contribution in [3.8, 4) is 0 Å². The first kappa shape index (κ1) is 13.3. The lowest BCUT2D eigenvalue weighted by Gasteiger charge is -2.19. The van der Waals surface area contributed by atoms with Crippen molar-refractivity contribution in [2.45, 2.75) is 25.9 Å². The number of imidazole rings is 1. The van der Waals surface area contributed by atoms with Gasteiger partial charge in [-0.25, -0.2) is 4.98 Å². The smallest absolute Gasteiger partial charge is 0.126 e. The lowest BCUT2D eigenvalue weighted by molar-refractivity contribution is 0.473. The average molecular weight is 285 g/mol. The highest BCUT2D eigenvalue weighted by molar-refractivity contribution is 7.10. The molecule has 0 amide bonds. The molecule has 0 bridgehead atoms. The first-order chi connectivity index (χ1) is 9.66. The molecule has 0 aliphatic heterocycles. The van der Waals surface area contributed by atoms with Gasteiger partial charge in [-0.2, -0.15) is 0 Å². The lowest BCUT2D eigenvalue weighted by Crippen LogP contribution is -2.24. The van der Waals surface area contributed by atoms with E-state index in [1.807, 2.05) is 6.07 Å². The highest BCUT2D eigenvalue weighted by Crippen LogP contribution is 2.24. The minimum Gasteiger partial charge on any atom is -0.330 e. The van der Waals surface area contributed by atoms with Crippen LogP contribution < -0.4 is 5.32 Å².